The Kier molecular flexibility index (Phi) is 6.06. The third kappa shape index (κ3) is 5.16. The summed E-state index contributed by atoms with van der Waals surface area (Å²) < 4.78 is 21.5. The van der Waals surface area contributed by atoms with E-state index in [-0.39, 0.29) is 5.30 Å². The van der Waals surface area contributed by atoms with Crippen molar-refractivity contribution in [3.63, 3.8) is 0 Å². The molecule has 0 heterocycles. The highest BCUT2D eigenvalue weighted by Gasteiger charge is 2.16. The Balaban J connectivity index is 1.97. The van der Waals surface area contributed by atoms with E-state index < -0.39 is 7.60 Å². The molecule has 0 fully saturated rings. The van der Waals surface area contributed by atoms with Gasteiger partial charge in [-0.3, -0.25) is 4.57 Å². The summed E-state index contributed by atoms with van der Waals surface area (Å²) in [5.41, 5.74) is 0. The van der Waals surface area contributed by atoms with E-state index in [1.54, 1.807) is 19.2 Å². The lowest BCUT2D eigenvalue weighted by atomic mass is 10.3. The van der Waals surface area contributed by atoms with Crippen molar-refractivity contribution in [2.45, 2.75) is 9.79 Å². The molecule has 0 atom stereocenters. The molecular formula is C15H17O5PS. The summed E-state index contributed by atoms with van der Waals surface area (Å²) in [6.07, 6.45) is 0. The van der Waals surface area contributed by atoms with E-state index in [1.165, 1.54) is 23.9 Å². The number of rotatable bonds is 7. The number of methoxy groups -OCH3 is 1. The summed E-state index contributed by atoms with van der Waals surface area (Å²) in [4.78, 5) is 20.1. The summed E-state index contributed by atoms with van der Waals surface area (Å²) in [5, 5.41) is 0.0266. The summed E-state index contributed by atoms with van der Waals surface area (Å²) in [7, 11) is -2.55. The van der Waals surface area contributed by atoms with Crippen molar-refractivity contribution in [3.05, 3.63) is 48.5 Å². The molecule has 0 radical (unpaired) electrons. The summed E-state index contributed by atoms with van der Waals surface area (Å²) >= 11 is 1.51. The molecule has 2 aromatic carbocycles. The molecule has 0 spiro atoms. The van der Waals surface area contributed by atoms with Crippen LogP contribution in [0.3, 0.4) is 0 Å². The van der Waals surface area contributed by atoms with E-state index in [2.05, 4.69) is 0 Å². The average Bonchev–Trinajstić information content (AvgIpc) is 2.49. The first-order chi connectivity index (χ1) is 10.5. The number of hydrogen-bond donors (Lipinski definition) is 2. The second kappa shape index (κ2) is 7.81. The Bertz CT molecular complexity index is 636. The lowest BCUT2D eigenvalue weighted by molar-refractivity contribution is 0.146. The van der Waals surface area contributed by atoms with Gasteiger partial charge in [0, 0.05) is 16.9 Å². The Morgan fingerprint density at radius 2 is 1.50 bits per heavy atom. The van der Waals surface area contributed by atoms with Crippen LogP contribution in [0, 0.1) is 0 Å². The van der Waals surface area contributed by atoms with Crippen molar-refractivity contribution < 1.29 is 23.8 Å². The molecule has 0 saturated heterocycles. The van der Waals surface area contributed by atoms with Crippen molar-refractivity contribution in [2.24, 2.45) is 0 Å². The largest absolute Gasteiger partial charge is 0.491 e. The molecule has 2 rings (SSSR count). The zero-order valence-corrected chi connectivity index (χ0v) is 13.7. The van der Waals surface area contributed by atoms with Crippen molar-refractivity contribution in [1.29, 1.82) is 0 Å². The quantitative estimate of drug-likeness (QED) is 0.596. The van der Waals surface area contributed by atoms with Crippen LogP contribution in [-0.4, -0.2) is 30.1 Å². The van der Waals surface area contributed by atoms with E-state index in [4.69, 9.17) is 19.3 Å². The second-order valence-electron chi connectivity index (χ2n) is 4.45. The van der Waals surface area contributed by atoms with Gasteiger partial charge in [-0.25, -0.2) is 0 Å². The maximum absolute atomic E-state index is 11.1. The third-order valence-corrected chi connectivity index (χ3v) is 4.78. The zero-order chi connectivity index (χ0) is 16.0. The lowest BCUT2D eigenvalue weighted by Gasteiger charge is -2.07. The monoisotopic (exact) mass is 340 g/mol. The van der Waals surface area contributed by atoms with Gasteiger partial charge in [0.25, 0.3) is 0 Å². The van der Waals surface area contributed by atoms with Gasteiger partial charge in [-0.05, 0) is 48.5 Å². The van der Waals surface area contributed by atoms with Gasteiger partial charge in [-0.1, -0.05) is 11.8 Å². The minimum atomic E-state index is -4.18. The molecule has 0 aliphatic heterocycles. The first-order valence-electron chi connectivity index (χ1n) is 6.55. The van der Waals surface area contributed by atoms with Crippen LogP contribution in [-0.2, 0) is 9.30 Å². The van der Waals surface area contributed by atoms with Gasteiger partial charge in [-0.2, -0.15) is 0 Å². The van der Waals surface area contributed by atoms with Crippen LogP contribution in [0.15, 0.2) is 58.3 Å². The van der Waals surface area contributed by atoms with Crippen LogP contribution >= 0.6 is 19.4 Å². The average molecular weight is 340 g/mol. The number of ether oxygens (including phenoxy) is 2. The SMILES string of the molecule is COCCOc1ccc(Sc2ccc(P(=O)(O)O)cc2)cc1. The van der Waals surface area contributed by atoms with E-state index >= 15 is 0 Å². The van der Waals surface area contributed by atoms with Gasteiger partial charge in [0.2, 0.25) is 0 Å². The van der Waals surface area contributed by atoms with Crippen LogP contribution in [0.4, 0.5) is 0 Å². The highest BCUT2D eigenvalue weighted by Crippen LogP contribution is 2.34. The fourth-order valence-electron chi connectivity index (χ4n) is 1.69. The van der Waals surface area contributed by atoms with E-state index in [1.807, 2.05) is 24.3 Å². The Labute approximate surface area is 133 Å². The normalized spacial score (nSPS) is 11.4. The van der Waals surface area contributed by atoms with Crippen LogP contribution in [0.1, 0.15) is 0 Å². The fraction of sp³-hybridized carbons (Fsp3) is 0.200. The summed E-state index contributed by atoms with van der Waals surface area (Å²) in [6, 6.07) is 13.9. The molecule has 5 nitrogen and oxygen atoms in total. The molecular weight excluding hydrogens is 323 g/mol. The summed E-state index contributed by atoms with van der Waals surface area (Å²) in [5.74, 6) is 0.776. The second-order valence-corrected chi connectivity index (χ2v) is 7.20. The molecule has 0 amide bonds. The van der Waals surface area contributed by atoms with Crippen molar-refractivity contribution >= 4 is 24.7 Å². The molecule has 0 aliphatic rings. The maximum atomic E-state index is 11.1. The molecule has 0 unspecified atom stereocenters. The Hall–Kier alpha value is -1.30. The zero-order valence-electron chi connectivity index (χ0n) is 12.0. The molecule has 0 aliphatic carbocycles. The van der Waals surface area contributed by atoms with Gasteiger partial charge < -0.3 is 19.3 Å². The smallest absolute Gasteiger partial charge is 0.356 e. The molecule has 7 heteroatoms. The van der Waals surface area contributed by atoms with Crippen molar-refractivity contribution in [2.75, 3.05) is 20.3 Å². The molecule has 118 valence electrons. The van der Waals surface area contributed by atoms with Crippen LogP contribution in [0.2, 0.25) is 0 Å². The Morgan fingerprint density at radius 3 is 2.00 bits per heavy atom. The topological polar surface area (TPSA) is 76.0 Å². The molecule has 0 aromatic heterocycles. The molecule has 0 saturated carbocycles. The van der Waals surface area contributed by atoms with Crippen molar-refractivity contribution in [1.82, 2.24) is 0 Å². The third-order valence-electron chi connectivity index (χ3n) is 2.79. The molecule has 2 aromatic rings. The van der Waals surface area contributed by atoms with Gasteiger partial charge >= 0.3 is 7.60 Å². The highest BCUT2D eigenvalue weighted by atomic mass is 32.2. The predicted octanol–water partition coefficient (Wildman–Crippen LogP) is 2.67. The number of hydrogen-bond acceptors (Lipinski definition) is 4. The minimum Gasteiger partial charge on any atom is -0.491 e. The van der Waals surface area contributed by atoms with Gasteiger partial charge in [0.15, 0.2) is 0 Å². The van der Waals surface area contributed by atoms with E-state index in [0.717, 1.165) is 15.5 Å². The van der Waals surface area contributed by atoms with E-state index in [0.29, 0.717) is 13.2 Å². The van der Waals surface area contributed by atoms with E-state index in [9.17, 15) is 4.57 Å². The predicted molar refractivity (Wildman–Crippen MR) is 86.1 cm³/mol. The molecule has 0 bridgehead atoms. The Morgan fingerprint density at radius 1 is 0.955 bits per heavy atom. The van der Waals surface area contributed by atoms with Gasteiger partial charge in [-0.15, -0.1) is 0 Å². The van der Waals surface area contributed by atoms with Crippen LogP contribution in [0.5, 0.6) is 5.75 Å². The summed E-state index contributed by atoms with van der Waals surface area (Å²) in [6.45, 7) is 1.05. The van der Waals surface area contributed by atoms with Crippen LogP contribution in [0.25, 0.3) is 0 Å². The maximum Gasteiger partial charge on any atom is 0.356 e. The van der Waals surface area contributed by atoms with Crippen molar-refractivity contribution in [3.8, 4) is 5.75 Å². The fourth-order valence-corrected chi connectivity index (χ4v) is 3.05. The lowest BCUT2D eigenvalue weighted by Crippen LogP contribution is -2.03. The molecule has 2 N–H and O–H groups in total. The molecule has 22 heavy (non-hydrogen) atoms. The standard InChI is InChI=1S/C15H17O5PS/c1-19-10-11-20-12-2-6-14(7-3-12)22-15-8-4-13(5-9-15)21(16,17)18/h2-9H,10-11H2,1H3,(H2,16,17,18). The first kappa shape index (κ1) is 17.1. The van der Waals surface area contributed by atoms with Gasteiger partial charge in [0.05, 0.1) is 11.9 Å². The number of benzene rings is 2. The van der Waals surface area contributed by atoms with Gasteiger partial charge in [0.1, 0.15) is 12.4 Å². The first-order valence-corrected chi connectivity index (χ1v) is 8.98. The van der Waals surface area contributed by atoms with Crippen LogP contribution < -0.4 is 10.0 Å². The minimum absolute atomic E-state index is 0.0266. The highest BCUT2D eigenvalue weighted by molar-refractivity contribution is 7.99.